The molecule has 3 atom stereocenters. The fourth-order valence-electron chi connectivity index (χ4n) is 3.43. The summed E-state index contributed by atoms with van der Waals surface area (Å²) in [6, 6.07) is 13.4. The van der Waals surface area contributed by atoms with E-state index in [1.54, 1.807) is 12.1 Å². The monoisotopic (exact) mass is 414 g/mol. The van der Waals surface area contributed by atoms with Crippen LogP contribution in [0.15, 0.2) is 65.1 Å². The predicted octanol–water partition coefficient (Wildman–Crippen LogP) is 4.48. The third-order valence-corrected chi connectivity index (χ3v) is 5.08. The maximum atomic E-state index is 10.7. The highest BCUT2D eigenvalue weighted by Gasteiger charge is 2.24. The van der Waals surface area contributed by atoms with Crippen molar-refractivity contribution in [3.05, 3.63) is 77.8 Å². The van der Waals surface area contributed by atoms with E-state index in [4.69, 9.17) is 14.3 Å². The van der Waals surface area contributed by atoms with Crippen molar-refractivity contribution in [2.45, 2.75) is 58.0 Å². The van der Waals surface area contributed by atoms with Gasteiger partial charge in [0, 0.05) is 5.92 Å². The predicted molar refractivity (Wildman–Crippen MR) is 119 cm³/mol. The first-order valence-corrected chi connectivity index (χ1v) is 10.6. The average Bonchev–Trinajstić information content (AvgIpc) is 3.21. The van der Waals surface area contributed by atoms with Crippen LogP contribution in [0.4, 0.5) is 0 Å². The summed E-state index contributed by atoms with van der Waals surface area (Å²) >= 11 is 0. The van der Waals surface area contributed by atoms with Crippen LogP contribution in [0, 0.1) is 5.92 Å². The molecule has 0 saturated carbocycles. The number of hydrogen-bond donors (Lipinski definition) is 3. The van der Waals surface area contributed by atoms with Crippen LogP contribution in [0.1, 0.15) is 49.7 Å². The molecule has 1 aromatic heterocycles. The molecule has 0 spiro atoms. The topological polar surface area (TPSA) is 83.1 Å². The van der Waals surface area contributed by atoms with Gasteiger partial charge in [-0.2, -0.15) is 0 Å². The Balaban J connectivity index is 1.86. The van der Waals surface area contributed by atoms with Crippen molar-refractivity contribution in [1.29, 1.82) is 0 Å². The van der Waals surface area contributed by atoms with Crippen LogP contribution in [0.25, 0.3) is 6.08 Å². The van der Waals surface area contributed by atoms with Crippen molar-refractivity contribution < 1.29 is 24.5 Å². The first-order valence-electron chi connectivity index (χ1n) is 10.6. The van der Waals surface area contributed by atoms with Crippen LogP contribution in [0.5, 0.6) is 0 Å². The van der Waals surface area contributed by atoms with Gasteiger partial charge in [-0.05, 0) is 43.0 Å². The van der Waals surface area contributed by atoms with Crippen molar-refractivity contribution in [2.24, 2.45) is 5.92 Å². The number of hydrogen-bond acceptors (Lipinski definition) is 5. The molecule has 5 nitrogen and oxygen atoms in total. The van der Waals surface area contributed by atoms with Crippen molar-refractivity contribution >= 4 is 6.08 Å². The Labute approximate surface area is 179 Å². The molecule has 1 aromatic carbocycles. The standard InChI is InChI=1S/C25H34O5/c1-3-8-19(15-21-12-13-22(16-26)30-21)11-14-24(27)23(4-2)25(28)18-29-17-20-9-6-5-7-10-20/h4-7,9-10,12-13,15,23-28H,2-3,8,11,14,16-18H2,1H3/b19-15+/t23-,24-,25-/m1/s1. The van der Waals surface area contributed by atoms with E-state index in [0.717, 1.165) is 24.0 Å². The summed E-state index contributed by atoms with van der Waals surface area (Å²) in [6.07, 6.45) is 5.10. The van der Waals surface area contributed by atoms with Gasteiger partial charge in [0.1, 0.15) is 18.1 Å². The van der Waals surface area contributed by atoms with Crippen LogP contribution >= 0.6 is 0 Å². The second-order valence-electron chi connectivity index (χ2n) is 7.50. The number of benzene rings is 1. The Kier molecular flexibility index (Phi) is 10.6. The molecule has 0 fully saturated rings. The third kappa shape index (κ3) is 7.92. The molecule has 0 aliphatic rings. The average molecular weight is 415 g/mol. The van der Waals surface area contributed by atoms with Crippen LogP contribution in [0.2, 0.25) is 0 Å². The van der Waals surface area contributed by atoms with Gasteiger partial charge < -0.3 is 24.5 Å². The van der Waals surface area contributed by atoms with Gasteiger partial charge in [0.25, 0.3) is 0 Å². The van der Waals surface area contributed by atoms with E-state index in [2.05, 4.69) is 13.5 Å². The molecule has 0 aliphatic heterocycles. The summed E-state index contributed by atoms with van der Waals surface area (Å²) in [5.74, 6) is 0.766. The Hall–Kier alpha value is -2.18. The number of allylic oxidation sites excluding steroid dienone is 1. The Morgan fingerprint density at radius 2 is 1.87 bits per heavy atom. The highest BCUT2D eigenvalue weighted by Crippen LogP contribution is 2.23. The van der Waals surface area contributed by atoms with E-state index in [0.29, 0.717) is 31.0 Å². The summed E-state index contributed by atoms with van der Waals surface area (Å²) in [5, 5.41) is 30.3. The fraction of sp³-hybridized carbons (Fsp3) is 0.440. The third-order valence-electron chi connectivity index (χ3n) is 5.08. The zero-order valence-electron chi connectivity index (χ0n) is 17.7. The maximum Gasteiger partial charge on any atom is 0.130 e. The lowest BCUT2D eigenvalue weighted by atomic mass is 9.91. The lowest BCUT2D eigenvalue weighted by Gasteiger charge is -2.25. The van der Waals surface area contributed by atoms with Crippen molar-refractivity contribution in [3.63, 3.8) is 0 Å². The Bertz CT molecular complexity index is 765. The first-order chi connectivity index (χ1) is 14.6. The lowest BCUT2D eigenvalue weighted by molar-refractivity contribution is -0.0273. The minimum atomic E-state index is -0.822. The Morgan fingerprint density at radius 3 is 2.50 bits per heavy atom. The van der Waals surface area contributed by atoms with E-state index >= 15 is 0 Å². The minimum absolute atomic E-state index is 0.124. The van der Waals surface area contributed by atoms with Crippen molar-refractivity contribution in [1.82, 2.24) is 0 Å². The van der Waals surface area contributed by atoms with Gasteiger partial charge in [-0.1, -0.05) is 55.3 Å². The number of rotatable bonds is 14. The highest BCUT2D eigenvalue weighted by molar-refractivity contribution is 5.47. The fourth-order valence-corrected chi connectivity index (χ4v) is 3.43. The van der Waals surface area contributed by atoms with E-state index in [9.17, 15) is 10.2 Å². The molecule has 0 radical (unpaired) electrons. The smallest absolute Gasteiger partial charge is 0.130 e. The van der Waals surface area contributed by atoms with E-state index in [1.807, 2.05) is 42.5 Å². The molecule has 0 amide bonds. The van der Waals surface area contributed by atoms with E-state index in [1.165, 1.54) is 0 Å². The van der Waals surface area contributed by atoms with Gasteiger partial charge >= 0.3 is 0 Å². The van der Waals surface area contributed by atoms with Crippen LogP contribution in [-0.2, 0) is 18.0 Å². The zero-order chi connectivity index (χ0) is 21.8. The zero-order valence-corrected chi connectivity index (χ0v) is 17.7. The van der Waals surface area contributed by atoms with Crippen LogP contribution in [-0.4, -0.2) is 34.1 Å². The van der Waals surface area contributed by atoms with Gasteiger partial charge in [-0.3, -0.25) is 0 Å². The van der Waals surface area contributed by atoms with Crippen LogP contribution in [0.3, 0.4) is 0 Å². The molecule has 5 heteroatoms. The van der Waals surface area contributed by atoms with Gasteiger partial charge in [0.15, 0.2) is 0 Å². The summed E-state index contributed by atoms with van der Waals surface area (Å²) in [4.78, 5) is 0. The molecule has 0 unspecified atom stereocenters. The maximum absolute atomic E-state index is 10.7. The molecular formula is C25H34O5. The van der Waals surface area contributed by atoms with Gasteiger partial charge in [0.05, 0.1) is 25.4 Å². The summed E-state index contributed by atoms with van der Waals surface area (Å²) in [5.41, 5.74) is 2.20. The number of furan rings is 1. The molecule has 1 heterocycles. The van der Waals surface area contributed by atoms with E-state index < -0.39 is 18.1 Å². The molecular weight excluding hydrogens is 380 g/mol. The lowest BCUT2D eigenvalue weighted by Crippen LogP contribution is -2.33. The minimum Gasteiger partial charge on any atom is -0.459 e. The molecule has 0 aliphatic carbocycles. The quantitative estimate of drug-likeness (QED) is 0.397. The van der Waals surface area contributed by atoms with Gasteiger partial charge in [0.2, 0.25) is 0 Å². The molecule has 0 saturated heterocycles. The SMILES string of the molecule is C=C[C@H]([C@H](O)CC/C(=C/c1ccc(CO)o1)CCC)[C@H](O)COCc1ccccc1. The normalized spacial score (nSPS) is 15.0. The number of ether oxygens (including phenoxy) is 1. The molecule has 30 heavy (non-hydrogen) atoms. The first kappa shape index (κ1) is 24.1. The summed E-state index contributed by atoms with van der Waals surface area (Å²) in [6.45, 7) is 6.32. The Morgan fingerprint density at radius 1 is 1.10 bits per heavy atom. The van der Waals surface area contributed by atoms with Gasteiger partial charge in [-0.15, -0.1) is 6.58 Å². The number of aliphatic hydroxyl groups excluding tert-OH is 3. The summed E-state index contributed by atoms with van der Waals surface area (Å²) < 4.78 is 11.2. The molecule has 3 N–H and O–H groups in total. The van der Waals surface area contributed by atoms with Crippen LogP contribution < -0.4 is 0 Å². The molecule has 2 aromatic rings. The highest BCUT2D eigenvalue weighted by atomic mass is 16.5. The van der Waals surface area contributed by atoms with E-state index in [-0.39, 0.29) is 13.2 Å². The molecule has 0 bridgehead atoms. The van der Waals surface area contributed by atoms with Crippen molar-refractivity contribution in [3.8, 4) is 0 Å². The second kappa shape index (κ2) is 13.2. The molecule has 164 valence electrons. The summed E-state index contributed by atoms with van der Waals surface area (Å²) in [7, 11) is 0. The number of aliphatic hydroxyl groups is 3. The van der Waals surface area contributed by atoms with Gasteiger partial charge in [-0.25, -0.2) is 0 Å². The largest absolute Gasteiger partial charge is 0.459 e. The second-order valence-corrected chi connectivity index (χ2v) is 7.50. The molecule has 2 rings (SSSR count). The van der Waals surface area contributed by atoms with Crippen molar-refractivity contribution in [2.75, 3.05) is 6.61 Å².